The summed E-state index contributed by atoms with van der Waals surface area (Å²) in [5.74, 6) is 0.647. The van der Waals surface area contributed by atoms with Crippen LogP contribution < -0.4 is 10.1 Å². The maximum absolute atomic E-state index is 13.4. The van der Waals surface area contributed by atoms with Crippen molar-refractivity contribution in [3.8, 4) is 5.75 Å². The van der Waals surface area contributed by atoms with Gasteiger partial charge in [0, 0.05) is 56.5 Å². The highest BCUT2D eigenvalue weighted by Gasteiger charge is 2.31. The summed E-state index contributed by atoms with van der Waals surface area (Å²) in [4.78, 5) is 34.2. The lowest BCUT2D eigenvalue weighted by Crippen LogP contribution is -2.46. The number of hydrogen-bond donors (Lipinski definition) is 1. The van der Waals surface area contributed by atoms with Gasteiger partial charge in [0.2, 0.25) is 5.91 Å². The van der Waals surface area contributed by atoms with Gasteiger partial charge in [-0.25, -0.2) is 4.98 Å². The zero-order valence-corrected chi connectivity index (χ0v) is 21.1. The van der Waals surface area contributed by atoms with Crippen molar-refractivity contribution >= 4 is 28.8 Å². The lowest BCUT2D eigenvalue weighted by molar-refractivity contribution is -0.117. The number of fused-ring (bicyclic) bond motifs is 1. The highest BCUT2D eigenvalue weighted by Crippen LogP contribution is 2.31. The van der Waals surface area contributed by atoms with Gasteiger partial charge in [-0.15, -0.1) is 11.3 Å². The molecule has 1 saturated carbocycles. The van der Waals surface area contributed by atoms with Crippen molar-refractivity contribution in [2.45, 2.75) is 45.4 Å². The van der Waals surface area contributed by atoms with Crippen LogP contribution >= 0.6 is 11.3 Å². The van der Waals surface area contributed by atoms with E-state index in [4.69, 9.17) is 9.47 Å². The molecule has 0 unspecified atom stereocenters. The summed E-state index contributed by atoms with van der Waals surface area (Å²) < 4.78 is 12.0. The number of methoxy groups -OCH3 is 1. The number of hydrogen-bond acceptors (Lipinski definition) is 7. The fraction of sp³-hybridized carbons (Fsp3) is 0.560. The average Bonchev–Trinajstić information content (AvgIpc) is 3.56. The molecule has 1 aliphatic carbocycles. The lowest BCUT2D eigenvalue weighted by Gasteiger charge is -2.35. The molecule has 0 radical (unpaired) electrons. The zero-order chi connectivity index (χ0) is 24.2. The Bertz CT molecular complexity index is 995. The van der Waals surface area contributed by atoms with Crippen LogP contribution in [0.2, 0.25) is 0 Å². The van der Waals surface area contributed by atoms with Crippen LogP contribution in [0.25, 0.3) is 0 Å². The summed E-state index contributed by atoms with van der Waals surface area (Å²) >= 11 is 1.64. The molecule has 0 spiro atoms. The number of carbonyl (C=O) groups is 2. The van der Waals surface area contributed by atoms with Crippen molar-refractivity contribution in [3.63, 3.8) is 0 Å². The van der Waals surface area contributed by atoms with Crippen molar-refractivity contribution < 1.29 is 19.1 Å². The minimum Gasteiger partial charge on any atom is -0.491 e. The van der Waals surface area contributed by atoms with E-state index in [0.29, 0.717) is 30.2 Å². The fourth-order valence-corrected chi connectivity index (χ4v) is 4.89. The standard InChI is InChI=1S/C25H34N4O4S/c1-16-12-29(14-23-26-9-10-34-23)17(2)15-33-21-8-7-19(27-24(30)18-5-6-18)11-20(21)25(31)28(3)13-22(16)32-4/h7-11,16-18,22H,5-6,12-15H2,1-4H3,(H,27,30)/t16-,17-,22+/m0/s1. The van der Waals surface area contributed by atoms with Crippen LogP contribution in [0.1, 0.15) is 42.1 Å². The summed E-state index contributed by atoms with van der Waals surface area (Å²) in [7, 11) is 3.48. The molecule has 0 bridgehead atoms. The molecule has 184 valence electrons. The Hall–Kier alpha value is -2.49. The third-order valence-corrected chi connectivity index (χ3v) is 7.38. The van der Waals surface area contributed by atoms with Crippen LogP contribution in [-0.2, 0) is 16.1 Å². The second kappa shape index (κ2) is 10.8. The third kappa shape index (κ3) is 5.95. The van der Waals surface area contributed by atoms with E-state index in [-0.39, 0.29) is 35.8 Å². The van der Waals surface area contributed by atoms with E-state index in [1.165, 1.54) is 0 Å². The molecular weight excluding hydrogens is 452 g/mol. The molecule has 2 amide bonds. The molecule has 0 saturated heterocycles. The van der Waals surface area contributed by atoms with Crippen LogP contribution in [-0.4, -0.2) is 72.6 Å². The smallest absolute Gasteiger partial charge is 0.257 e. The maximum atomic E-state index is 13.4. The van der Waals surface area contributed by atoms with Gasteiger partial charge in [0.1, 0.15) is 17.4 Å². The van der Waals surface area contributed by atoms with Crippen LogP contribution in [0.15, 0.2) is 29.8 Å². The Balaban J connectivity index is 1.61. The number of nitrogens with zero attached hydrogens (tertiary/aromatic N) is 3. The van der Waals surface area contributed by atoms with Crippen LogP contribution in [0.5, 0.6) is 5.75 Å². The van der Waals surface area contributed by atoms with Crippen molar-refractivity contribution in [2.24, 2.45) is 11.8 Å². The topological polar surface area (TPSA) is 84.0 Å². The monoisotopic (exact) mass is 486 g/mol. The van der Waals surface area contributed by atoms with Gasteiger partial charge >= 0.3 is 0 Å². The molecule has 2 heterocycles. The summed E-state index contributed by atoms with van der Waals surface area (Å²) in [6, 6.07) is 5.40. The summed E-state index contributed by atoms with van der Waals surface area (Å²) in [5.41, 5.74) is 1.06. The summed E-state index contributed by atoms with van der Waals surface area (Å²) in [6.07, 6.45) is 3.55. The first-order valence-corrected chi connectivity index (χ1v) is 12.7. The van der Waals surface area contributed by atoms with Gasteiger partial charge in [-0.05, 0) is 43.9 Å². The van der Waals surface area contributed by atoms with Crippen molar-refractivity contribution in [1.29, 1.82) is 0 Å². The number of amides is 2. The molecule has 4 rings (SSSR count). The van der Waals surface area contributed by atoms with Crippen molar-refractivity contribution in [1.82, 2.24) is 14.8 Å². The molecule has 1 N–H and O–H groups in total. The number of anilines is 1. The molecular formula is C25H34N4O4S. The minimum atomic E-state index is -0.153. The van der Waals surface area contributed by atoms with Gasteiger partial charge in [0.25, 0.3) is 5.91 Å². The number of nitrogens with one attached hydrogen (secondary N) is 1. The van der Waals surface area contributed by atoms with E-state index < -0.39 is 0 Å². The summed E-state index contributed by atoms with van der Waals surface area (Å²) in [5, 5.41) is 5.99. The van der Waals surface area contributed by atoms with Gasteiger partial charge in [0.05, 0.1) is 18.2 Å². The van der Waals surface area contributed by atoms with Crippen molar-refractivity contribution in [2.75, 3.05) is 39.2 Å². The zero-order valence-electron chi connectivity index (χ0n) is 20.3. The Morgan fingerprint density at radius 2 is 2.09 bits per heavy atom. The molecule has 1 fully saturated rings. The number of aromatic nitrogens is 1. The van der Waals surface area contributed by atoms with Gasteiger partial charge in [0.15, 0.2) is 0 Å². The van der Waals surface area contributed by atoms with Crippen LogP contribution in [0.3, 0.4) is 0 Å². The minimum absolute atomic E-state index is 0.00884. The molecule has 1 aromatic carbocycles. The number of rotatable bonds is 5. The maximum Gasteiger partial charge on any atom is 0.257 e. The second-order valence-electron chi connectivity index (χ2n) is 9.43. The van der Waals surface area contributed by atoms with E-state index >= 15 is 0 Å². The van der Waals surface area contributed by atoms with Crippen LogP contribution in [0.4, 0.5) is 5.69 Å². The molecule has 3 atom stereocenters. The fourth-order valence-electron chi connectivity index (χ4n) is 4.24. The van der Waals surface area contributed by atoms with Gasteiger partial charge in [-0.3, -0.25) is 14.5 Å². The van der Waals surface area contributed by atoms with Gasteiger partial charge in [-0.1, -0.05) is 6.92 Å². The second-order valence-corrected chi connectivity index (χ2v) is 10.4. The number of carbonyl (C=O) groups excluding carboxylic acids is 2. The van der Waals surface area contributed by atoms with Gasteiger partial charge in [-0.2, -0.15) is 0 Å². The normalized spacial score (nSPS) is 24.5. The van der Waals surface area contributed by atoms with E-state index in [9.17, 15) is 9.59 Å². The Kier molecular flexibility index (Phi) is 7.85. The predicted octanol–water partition coefficient (Wildman–Crippen LogP) is 3.50. The number of ether oxygens (including phenoxy) is 2. The van der Waals surface area contributed by atoms with Crippen LogP contribution in [0, 0.1) is 11.8 Å². The first kappa shape index (κ1) is 24.6. The first-order valence-electron chi connectivity index (χ1n) is 11.8. The Labute approximate surface area is 205 Å². The van der Waals surface area contributed by atoms with E-state index in [0.717, 1.165) is 30.9 Å². The largest absolute Gasteiger partial charge is 0.491 e. The predicted molar refractivity (Wildman–Crippen MR) is 132 cm³/mol. The molecule has 1 aromatic heterocycles. The molecule has 8 nitrogen and oxygen atoms in total. The quantitative estimate of drug-likeness (QED) is 0.697. The van der Waals surface area contributed by atoms with E-state index in [1.807, 2.05) is 11.6 Å². The highest BCUT2D eigenvalue weighted by molar-refractivity contribution is 7.09. The SMILES string of the molecule is CO[C@@H]1CN(C)C(=O)c2cc(NC(=O)C3CC3)ccc2OC[C@H](C)N(Cc2nccs2)C[C@@H]1C. The number of thiazole rings is 1. The first-order chi connectivity index (χ1) is 16.4. The average molecular weight is 487 g/mol. The van der Waals surface area contributed by atoms with Gasteiger partial charge < -0.3 is 19.7 Å². The Morgan fingerprint density at radius 1 is 1.29 bits per heavy atom. The van der Waals surface area contributed by atoms with E-state index in [2.05, 4.69) is 29.0 Å². The van der Waals surface area contributed by atoms with Crippen molar-refractivity contribution in [3.05, 3.63) is 40.3 Å². The highest BCUT2D eigenvalue weighted by atomic mass is 32.1. The van der Waals surface area contributed by atoms with E-state index in [1.54, 1.807) is 48.6 Å². The summed E-state index contributed by atoms with van der Waals surface area (Å²) in [6.45, 7) is 6.69. The molecule has 1 aliphatic heterocycles. The lowest BCUT2D eigenvalue weighted by atomic mass is 10.0. The third-order valence-electron chi connectivity index (χ3n) is 6.61. The Morgan fingerprint density at radius 3 is 2.76 bits per heavy atom. The molecule has 34 heavy (non-hydrogen) atoms. The molecule has 2 aliphatic rings. The molecule has 2 aromatic rings. The molecule has 9 heteroatoms. The number of benzene rings is 1. The number of likely N-dealkylation sites (N-methyl/N-ethyl adjacent to an activating group) is 1.